The van der Waals surface area contributed by atoms with E-state index >= 15 is 0 Å². The number of rotatable bonds is 4. The molecule has 0 aliphatic heterocycles. The summed E-state index contributed by atoms with van der Waals surface area (Å²) in [5.74, 6) is -1.36. The first-order chi connectivity index (χ1) is 5.02. The first-order valence-electron chi connectivity index (χ1n) is 2.71. The van der Waals surface area contributed by atoms with Crippen LogP contribution in [0.3, 0.4) is 0 Å². The molecule has 12 heavy (non-hydrogen) atoms. The van der Waals surface area contributed by atoms with Gasteiger partial charge in [0.1, 0.15) is 5.75 Å². The molecular weight excluding hydrogens is 191 g/mol. The molecule has 0 aromatic heterocycles. The molecule has 0 aromatic carbocycles. The molecule has 0 amide bonds. The molecule has 0 aromatic rings. The fourth-order valence-electron chi connectivity index (χ4n) is 0.338. The Morgan fingerprint density at radius 3 is 2.25 bits per heavy atom. The third-order valence-electron chi connectivity index (χ3n) is 0.698. The van der Waals surface area contributed by atoms with Gasteiger partial charge in [-0.05, 0) is 0 Å². The molecule has 0 atom stereocenters. The molecule has 64 valence electrons. The first kappa shape index (κ1) is 14.4. The SMILES string of the molecule is C=CCS(=O)(=O)OC(=O)C=C.[NaH]. The van der Waals surface area contributed by atoms with E-state index in [1.807, 2.05) is 0 Å². The van der Waals surface area contributed by atoms with Crippen molar-refractivity contribution in [3.8, 4) is 0 Å². The number of carbonyl (C=O) groups excluding carboxylic acids is 1. The molecule has 0 rings (SSSR count). The van der Waals surface area contributed by atoms with E-state index in [1.54, 1.807) is 0 Å². The van der Waals surface area contributed by atoms with E-state index in [4.69, 9.17) is 0 Å². The summed E-state index contributed by atoms with van der Waals surface area (Å²) in [6.07, 6.45) is 1.91. The summed E-state index contributed by atoms with van der Waals surface area (Å²) < 4.78 is 25.2. The van der Waals surface area contributed by atoms with Crippen LogP contribution in [0.5, 0.6) is 0 Å². The van der Waals surface area contributed by atoms with Gasteiger partial charge >= 0.3 is 45.6 Å². The molecule has 0 unspecified atom stereocenters. The van der Waals surface area contributed by atoms with Crippen LogP contribution in [0.2, 0.25) is 0 Å². The topological polar surface area (TPSA) is 60.4 Å². The molecule has 0 fully saturated rings. The monoisotopic (exact) mass is 200 g/mol. The van der Waals surface area contributed by atoms with Crippen molar-refractivity contribution in [1.82, 2.24) is 0 Å². The van der Waals surface area contributed by atoms with Gasteiger partial charge in [-0.25, -0.2) is 4.79 Å². The van der Waals surface area contributed by atoms with Gasteiger partial charge in [0.05, 0.1) is 0 Å². The van der Waals surface area contributed by atoms with Crippen molar-refractivity contribution < 1.29 is 17.4 Å². The summed E-state index contributed by atoms with van der Waals surface area (Å²) in [4.78, 5) is 10.3. The van der Waals surface area contributed by atoms with Crippen LogP contribution in [0, 0.1) is 0 Å². The van der Waals surface area contributed by atoms with Crippen LogP contribution < -0.4 is 0 Å². The standard InChI is InChI=1S/C6H8O4S.Na.H/c1-3-5-11(8,9)10-6(7)4-2;;/h3-4H,1-2,5H2;;. The van der Waals surface area contributed by atoms with E-state index in [2.05, 4.69) is 17.3 Å². The van der Waals surface area contributed by atoms with Crippen LogP contribution >= 0.6 is 0 Å². The fraction of sp³-hybridized carbons (Fsp3) is 0.167. The average Bonchev–Trinajstić information content (AvgIpc) is 1.86. The normalized spacial score (nSPS) is 9.33. The zero-order chi connectivity index (χ0) is 8.91. The molecule has 0 radical (unpaired) electrons. The second-order valence-corrected chi connectivity index (χ2v) is 3.23. The number of carbonyl (C=O) groups is 1. The predicted molar refractivity (Wildman–Crippen MR) is 47.4 cm³/mol. The van der Waals surface area contributed by atoms with E-state index in [-0.39, 0.29) is 35.3 Å². The van der Waals surface area contributed by atoms with Crippen LogP contribution in [-0.2, 0) is 19.1 Å². The van der Waals surface area contributed by atoms with Crippen molar-refractivity contribution in [1.29, 1.82) is 0 Å². The molecular formula is C6H9NaO4S. The molecule has 0 saturated carbocycles. The van der Waals surface area contributed by atoms with E-state index in [0.717, 1.165) is 12.2 Å². The molecule has 0 heterocycles. The summed E-state index contributed by atoms with van der Waals surface area (Å²) >= 11 is 0. The van der Waals surface area contributed by atoms with Crippen molar-refractivity contribution in [2.24, 2.45) is 0 Å². The van der Waals surface area contributed by atoms with Crippen molar-refractivity contribution in [2.45, 2.75) is 0 Å². The van der Waals surface area contributed by atoms with Gasteiger partial charge < -0.3 is 4.18 Å². The Balaban J connectivity index is 0. The van der Waals surface area contributed by atoms with Gasteiger partial charge in [0.25, 0.3) is 0 Å². The quantitative estimate of drug-likeness (QED) is 0.268. The minimum atomic E-state index is -3.78. The van der Waals surface area contributed by atoms with Crippen molar-refractivity contribution >= 4 is 45.6 Å². The van der Waals surface area contributed by atoms with Crippen molar-refractivity contribution in [3.63, 3.8) is 0 Å². The van der Waals surface area contributed by atoms with E-state index in [9.17, 15) is 13.2 Å². The Morgan fingerprint density at radius 1 is 1.42 bits per heavy atom. The summed E-state index contributed by atoms with van der Waals surface area (Å²) in [6, 6.07) is 0. The van der Waals surface area contributed by atoms with Gasteiger partial charge in [-0.2, -0.15) is 8.42 Å². The van der Waals surface area contributed by atoms with Gasteiger partial charge in [0, 0.05) is 6.08 Å². The van der Waals surface area contributed by atoms with Gasteiger partial charge in [0.15, 0.2) is 0 Å². The average molecular weight is 200 g/mol. The molecule has 0 aliphatic rings. The van der Waals surface area contributed by atoms with Crippen LogP contribution in [0.25, 0.3) is 0 Å². The Bertz CT molecular complexity index is 267. The Morgan fingerprint density at radius 2 is 1.92 bits per heavy atom. The summed E-state index contributed by atoms with van der Waals surface area (Å²) in [5, 5.41) is 0. The molecule has 6 heteroatoms. The summed E-state index contributed by atoms with van der Waals surface area (Å²) in [5.41, 5.74) is 0. The van der Waals surface area contributed by atoms with Crippen LogP contribution in [0.1, 0.15) is 0 Å². The zero-order valence-corrected chi connectivity index (χ0v) is 6.63. The van der Waals surface area contributed by atoms with E-state index < -0.39 is 16.1 Å². The van der Waals surface area contributed by atoms with Gasteiger partial charge in [0.2, 0.25) is 0 Å². The van der Waals surface area contributed by atoms with E-state index in [1.165, 1.54) is 0 Å². The van der Waals surface area contributed by atoms with Crippen LogP contribution in [-0.4, -0.2) is 49.7 Å². The van der Waals surface area contributed by atoms with Crippen LogP contribution in [0.15, 0.2) is 25.3 Å². The van der Waals surface area contributed by atoms with Gasteiger partial charge in [-0.1, -0.05) is 12.7 Å². The molecule has 0 N–H and O–H groups in total. The molecule has 0 aliphatic carbocycles. The van der Waals surface area contributed by atoms with Gasteiger partial charge in [-0.3, -0.25) is 0 Å². The third kappa shape index (κ3) is 6.60. The predicted octanol–water partition coefficient (Wildman–Crippen LogP) is -0.417. The molecule has 0 saturated heterocycles. The minimum absolute atomic E-state index is 0. The van der Waals surface area contributed by atoms with Gasteiger partial charge in [-0.15, -0.1) is 6.58 Å². The van der Waals surface area contributed by atoms with Crippen molar-refractivity contribution in [2.75, 3.05) is 5.75 Å². The maximum absolute atomic E-state index is 10.6. The second kappa shape index (κ2) is 6.42. The maximum atomic E-state index is 10.6. The molecule has 0 bridgehead atoms. The number of hydrogen-bond acceptors (Lipinski definition) is 4. The molecule has 4 nitrogen and oxygen atoms in total. The summed E-state index contributed by atoms with van der Waals surface area (Å²) in [7, 11) is -3.78. The zero-order valence-electron chi connectivity index (χ0n) is 5.82. The molecule has 0 spiro atoms. The second-order valence-electron chi connectivity index (χ2n) is 1.62. The Labute approximate surface area is 93.7 Å². The third-order valence-corrected chi connectivity index (χ3v) is 1.76. The summed E-state index contributed by atoms with van der Waals surface area (Å²) in [6.45, 7) is 6.22. The number of hydrogen-bond donors (Lipinski definition) is 0. The van der Waals surface area contributed by atoms with E-state index in [0.29, 0.717) is 0 Å². The van der Waals surface area contributed by atoms with Crippen molar-refractivity contribution in [3.05, 3.63) is 25.3 Å². The Hall–Kier alpha value is -0.100. The fourth-order valence-corrected chi connectivity index (χ4v) is 1.01. The first-order valence-corrected chi connectivity index (χ1v) is 4.29. The Kier molecular flexibility index (Phi) is 7.72. The van der Waals surface area contributed by atoms with Crippen LogP contribution in [0.4, 0.5) is 0 Å².